The molecule has 1 unspecified atom stereocenters. The van der Waals surface area contributed by atoms with Crippen LogP contribution in [0.4, 0.5) is 5.69 Å². The molecule has 0 aliphatic carbocycles. The fourth-order valence-corrected chi connectivity index (χ4v) is 3.60. The van der Waals surface area contributed by atoms with Crippen molar-refractivity contribution in [3.63, 3.8) is 0 Å². The number of carbonyl (C=O) groups is 3. The fourth-order valence-electron chi connectivity index (χ4n) is 2.25. The zero-order valence-electron chi connectivity index (χ0n) is 13.6. The van der Waals surface area contributed by atoms with Crippen molar-refractivity contribution in [3.05, 3.63) is 34.7 Å². The number of aliphatic carboxylic acids is 1. The summed E-state index contributed by atoms with van der Waals surface area (Å²) >= 11 is 6.12. The number of carbonyl (C=O) groups excluding carboxylic acids is 2. The molecule has 1 aromatic rings. The quantitative estimate of drug-likeness (QED) is 0.567. The van der Waals surface area contributed by atoms with Crippen molar-refractivity contribution in [2.24, 2.45) is 5.73 Å². The molecule has 1 aliphatic rings. The van der Waals surface area contributed by atoms with Crippen LogP contribution in [0.25, 0.3) is 6.08 Å². The number of primary amides is 1. The number of thiocarbonyl (C=S) groups is 1. The number of nitrogens with zero attached hydrogens (tertiary/aromatic N) is 2. The van der Waals surface area contributed by atoms with Gasteiger partial charge in [-0.15, -0.1) is 0 Å². The molecule has 0 bridgehead atoms. The van der Waals surface area contributed by atoms with Gasteiger partial charge in [-0.25, -0.2) is 4.79 Å². The van der Waals surface area contributed by atoms with Crippen molar-refractivity contribution < 1.29 is 19.5 Å². The zero-order valence-corrected chi connectivity index (χ0v) is 15.3. The smallest absolute Gasteiger partial charge is 0.327 e. The number of benzene rings is 1. The van der Waals surface area contributed by atoms with E-state index in [2.05, 4.69) is 0 Å². The molecule has 25 heavy (non-hydrogen) atoms. The van der Waals surface area contributed by atoms with Gasteiger partial charge in [0.15, 0.2) is 0 Å². The Hall–Kier alpha value is -2.39. The first-order valence-corrected chi connectivity index (χ1v) is 8.48. The van der Waals surface area contributed by atoms with Crippen LogP contribution >= 0.6 is 24.0 Å². The monoisotopic (exact) mass is 379 g/mol. The topological polar surface area (TPSA) is 104 Å². The van der Waals surface area contributed by atoms with E-state index in [1.165, 1.54) is 0 Å². The summed E-state index contributed by atoms with van der Waals surface area (Å²) in [5.74, 6) is -2.68. The third-order valence-corrected chi connectivity index (χ3v) is 4.85. The Balaban J connectivity index is 2.27. The second-order valence-corrected chi connectivity index (χ2v) is 7.24. The largest absolute Gasteiger partial charge is 0.480 e. The van der Waals surface area contributed by atoms with Gasteiger partial charge in [-0.2, -0.15) is 0 Å². The second kappa shape index (κ2) is 7.66. The van der Waals surface area contributed by atoms with Crippen LogP contribution in [-0.4, -0.2) is 52.2 Å². The first kappa shape index (κ1) is 18.9. The number of anilines is 1. The van der Waals surface area contributed by atoms with Crippen molar-refractivity contribution in [2.75, 3.05) is 19.0 Å². The summed E-state index contributed by atoms with van der Waals surface area (Å²) in [6.45, 7) is 0. The van der Waals surface area contributed by atoms with E-state index >= 15 is 0 Å². The van der Waals surface area contributed by atoms with Gasteiger partial charge < -0.3 is 15.7 Å². The molecule has 1 aromatic carbocycles. The highest BCUT2D eigenvalue weighted by molar-refractivity contribution is 8.26. The Bertz CT molecular complexity index is 759. The predicted molar refractivity (Wildman–Crippen MR) is 101 cm³/mol. The molecule has 1 saturated heterocycles. The van der Waals surface area contributed by atoms with Gasteiger partial charge in [0.05, 0.1) is 11.3 Å². The zero-order chi connectivity index (χ0) is 18.7. The number of thioether (sulfide) groups is 1. The van der Waals surface area contributed by atoms with Gasteiger partial charge >= 0.3 is 5.97 Å². The summed E-state index contributed by atoms with van der Waals surface area (Å²) in [7, 11) is 3.84. The molecule has 1 aliphatic heterocycles. The Labute approximate surface area is 154 Å². The highest BCUT2D eigenvalue weighted by Crippen LogP contribution is 2.34. The number of carboxylic acids is 1. The maximum absolute atomic E-state index is 12.5. The molecule has 1 heterocycles. The highest BCUT2D eigenvalue weighted by Gasteiger charge is 2.41. The lowest BCUT2D eigenvalue weighted by Crippen LogP contribution is -2.46. The number of carboxylic acid groups (broad SMARTS) is 1. The summed E-state index contributed by atoms with van der Waals surface area (Å²) in [4.78, 5) is 38.2. The van der Waals surface area contributed by atoms with Crippen LogP contribution in [0.3, 0.4) is 0 Å². The Morgan fingerprint density at radius 2 is 1.96 bits per heavy atom. The molecule has 2 amide bonds. The average molecular weight is 379 g/mol. The number of nitrogens with two attached hydrogens (primary N) is 1. The highest BCUT2D eigenvalue weighted by atomic mass is 32.2. The van der Waals surface area contributed by atoms with Gasteiger partial charge in [0, 0.05) is 19.8 Å². The van der Waals surface area contributed by atoms with Crippen molar-refractivity contribution in [1.29, 1.82) is 0 Å². The average Bonchev–Trinajstić information content (AvgIpc) is 2.79. The maximum Gasteiger partial charge on any atom is 0.327 e. The maximum atomic E-state index is 12.5. The van der Waals surface area contributed by atoms with Crippen LogP contribution in [0.1, 0.15) is 12.0 Å². The number of rotatable bonds is 6. The number of hydrogen-bond acceptors (Lipinski definition) is 6. The van der Waals surface area contributed by atoms with E-state index in [1.54, 1.807) is 6.08 Å². The third kappa shape index (κ3) is 4.37. The standard InChI is InChI=1S/C16H17N3O4S2/c1-18(2)10-5-3-9(4-6-10)7-12-14(21)19(16(24)25-12)11(15(22)23)8-13(17)20/h3-7,11H,8H2,1-2H3,(H2,17,20)(H,22,23)/b12-7-. The second-order valence-electron chi connectivity index (χ2n) is 5.56. The minimum Gasteiger partial charge on any atom is -0.480 e. The SMILES string of the molecule is CN(C)c1ccc(/C=C2\SC(=S)N(C(CC(N)=O)C(=O)O)C2=O)cc1. The van der Waals surface area contributed by atoms with E-state index in [0.717, 1.165) is 27.9 Å². The van der Waals surface area contributed by atoms with Crippen LogP contribution in [-0.2, 0) is 14.4 Å². The van der Waals surface area contributed by atoms with Crippen LogP contribution in [0.2, 0.25) is 0 Å². The molecule has 1 atom stereocenters. The predicted octanol–water partition coefficient (Wildman–Crippen LogP) is 1.28. The van der Waals surface area contributed by atoms with Crippen LogP contribution in [0.15, 0.2) is 29.2 Å². The third-order valence-electron chi connectivity index (χ3n) is 3.52. The molecule has 0 spiro atoms. The molecule has 1 fully saturated rings. The Kier molecular flexibility index (Phi) is 5.81. The van der Waals surface area contributed by atoms with Gasteiger partial charge in [0.1, 0.15) is 10.4 Å². The van der Waals surface area contributed by atoms with Crippen LogP contribution in [0, 0.1) is 0 Å². The van der Waals surface area contributed by atoms with Gasteiger partial charge in [-0.05, 0) is 23.8 Å². The summed E-state index contributed by atoms with van der Waals surface area (Å²) < 4.78 is 0.0924. The molecule has 0 radical (unpaired) electrons. The van der Waals surface area contributed by atoms with E-state index < -0.39 is 30.2 Å². The molecule has 0 aromatic heterocycles. The Morgan fingerprint density at radius 3 is 2.44 bits per heavy atom. The van der Waals surface area contributed by atoms with E-state index in [1.807, 2.05) is 43.3 Å². The molecule has 3 N–H and O–H groups in total. The molecule has 9 heteroatoms. The summed E-state index contributed by atoms with van der Waals surface area (Å²) in [6, 6.07) is 6.10. The fraction of sp³-hybridized carbons (Fsp3) is 0.250. The molecule has 132 valence electrons. The number of hydrogen-bond donors (Lipinski definition) is 2. The van der Waals surface area contributed by atoms with Gasteiger partial charge in [0.25, 0.3) is 5.91 Å². The van der Waals surface area contributed by atoms with Crippen LogP contribution in [0.5, 0.6) is 0 Å². The van der Waals surface area contributed by atoms with E-state index in [-0.39, 0.29) is 4.32 Å². The Morgan fingerprint density at radius 1 is 1.36 bits per heavy atom. The van der Waals surface area contributed by atoms with E-state index in [9.17, 15) is 19.5 Å². The summed E-state index contributed by atoms with van der Waals surface area (Å²) in [5.41, 5.74) is 6.87. The van der Waals surface area contributed by atoms with Crippen molar-refractivity contribution in [1.82, 2.24) is 4.90 Å². The van der Waals surface area contributed by atoms with Gasteiger partial charge in [-0.3, -0.25) is 14.5 Å². The van der Waals surface area contributed by atoms with Crippen LogP contribution < -0.4 is 10.6 Å². The summed E-state index contributed by atoms with van der Waals surface area (Å²) in [6.07, 6.45) is 1.15. The molecule has 2 rings (SSSR count). The van der Waals surface area contributed by atoms with Gasteiger partial charge in [-0.1, -0.05) is 36.1 Å². The normalized spacial score (nSPS) is 17.0. The lowest BCUT2D eigenvalue weighted by Gasteiger charge is -2.21. The first-order valence-electron chi connectivity index (χ1n) is 7.26. The lowest BCUT2D eigenvalue weighted by atomic mass is 10.1. The molecule has 0 saturated carbocycles. The van der Waals surface area contributed by atoms with Crippen molar-refractivity contribution >= 4 is 57.8 Å². The minimum absolute atomic E-state index is 0.0924. The molecule has 7 nitrogen and oxygen atoms in total. The van der Waals surface area contributed by atoms with Crippen molar-refractivity contribution in [3.8, 4) is 0 Å². The molecular weight excluding hydrogens is 362 g/mol. The number of amides is 2. The lowest BCUT2D eigenvalue weighted by molar-refractivity contribution is -0.146. The van der Waals surface area contributed by atoms with E-state index in [4.69, 9.17) is 18.0 Å². The minimum atomic E-state index is -1.40. The summed E-state index contributed by atoms with van der Waals surface area (Å²) in [5, 5.41) is 9.28. The first-order chi connectivity index (χ1) is 11.7. The van der Waals surface area contributed by atoms with Gasteiger partial charge in [0.2, 0.25) is 5.91 Å². The van der Waals surface area contributed by atoms with E-state index in [0.29, 0.717) is 4.91 Å². The molecular formula is C16H17N3O4S2. The van der Waals surface area contributed by atoms with Crippen molar-refractivity contribution in [2.45, 2.75) is 12.5 Å².